The van der Waals surface area contributed by atoms with Crippen LogP contribution in [0.3, 0.4) is 0 Å². The van der Waals surface area contributed by atoms with Crippen LogP contribution in [-0.2, 0) is 20.7 Å². The van der Waals surface area contributed by atoms with Crippen LogP contribution in [0.15, 0.2) is 36.4 Å². The predicted octanol–water partition coefficient (Wildman–Crippen LogP) is 6.20. The SMILES string of the molecule is CCc1c(NC(=O)C2CCCO2)cccc1NC(=O)[C@H]1[C@H](c2cc(Cl)cc(Cl)c2)C1(Cl)Cl. The summed E-state index contributed by atoms with van der Waals surface area (Å²) in [6.07, 6.45) is 1.73. The van der Waals surface area contributed by atoms with Crippen LogP contribution in [-0.4, -0.2) is 28.9 Å². The highest BCUT2D eigenvalue weighted by Crippen LogP contribution is 2.65. The minimum Gasteiger partial charge on any atom is -0.368 e. The summed E-state index contributed by atoms with van der Waals surface area (Å²) >= 11 is 25.1. The van der Waals surface area contributed by atoms with Gasteiger partial charge in [-0.05, 0) is 60.7 Å². The van der Waals surface area contributed by atoms with E-state index in [2.05, 4.69) is 10.6 Å². The van der Waals surface area contributed by atoms with Gasteiger partial charge in [0.25, 0.3) is 5.91 Å². The average molecular weight is 516 g/mol. The monoisotopic (exact) mass is 514 g/mol. The van der Waals surface area contributed by atoms with Gasteiger partial charge < -0.3 is 15.4 Å². The first kappa shape index (κ1) is 23.7. The Hall–Kier alpha value is -1.50. The van der Waals surface area contributed by atoms with E-state index in [1.165, 1.54) is 0 Å². The van der Waals surface area contributed by atoms with Crippen LogP contribution in [0, 0.1) is 5.92 Å². The van der Waals surface area contributed by atoms with Gasteiger partial charge in [0, 0.05) is 33.9 Å². The number of halogens is 4. The minimum atomic E-state index is -1.27. The Balaban J connectivity index is 1.52. The van der Waals surface area contributed by atoms with Crippen molar-refractivity contribution in [2.75, 3.05) is 17.2 Å². The zero-order valence-electron chi connectivity index (χ0n) is 17.3. The molecule has 2 fully saturated rings. The Bertz CT molecular complexity index is 1030. The fraction of sp³-hybridized carbons (Fsp3) is 0.391. The number of amides is 2. The summed E-state index contributed by atoms with van der Waals surface area (Å²) in [6, 6.07) is 10.4. The number of alkyl halides is 2. The molecule has 0 spiro atoms. The summed E-state index contributed by atoms with van der Waals surface area (Å²) in [5.74, 6) is -1.60. The third-order valence-electron chi connectivity index (χ3n) is 5.85. The van der Waals surface area contributed by atoms with Gasteiger partial charge in [-0.2, -0.15) is 0 Å². The predicted molar refractivity (Wildman–Crippen MR) is 129 cm³/mol. The van der Waals surface area contributed by atoms with Crippen molar-refractivity contribution in [1.82, 2.24) is 0 Å². The quantitative estimate of drug-likeness (QED) is 0.450. The van der Waals surface area contributed by atoms with Crippen LogP contribution >= 0.6 is 46.4 Å². The molecule has 1 heterocycles. The Labute approximate surface area is 206 Å². The fourth-order valence-corrected chi connectivity index (χ4v) is 5.60. The lowest BCUT2D eigenvalue weighted by Gasteiger charge is -2.17. The second-order valence-electron chi connectivity index (χ2n) is 8.00. The number of rotatable bonds is 6. The number of carbonyl (C=O) groups is 2. The van der Waals surface area contributed by atoms with Gasteiger partial charge in [0.2, 0.25) is 5.91 Å². The van der Waals surface area contributed by atoms with Crippen LogP contribution in [0.1, 0.15) is 36.8 Å². The Morgan fingerprint density at radius 3 is 2.25 bits per heavy atom. The summed E-state index contributed by atoms with van der Waals surface area (Å²) in [7, 11) is 0. The molecule has 2 amide bonds. The summed E-state index contributed by atoms with van der Waals surface area (Å²) in [5.41, 5.74) is 2.76. The van der Waals surface area contributed by atoms with E-state index in [1.807, 2.05) is 13.0 Å². The van der Waals surface area contributed by atoms with Crippen molar-refractivity contribution < 1.29 is 14.3 Å². The van der Waals surface area contributed by atoms with Crippen molar-refractivity contribution in [3.05, 3.63) is 57.6 Å². The summed E-state index contributed by atoms with van der Waals surface area (Å²) < 4.78 is 4.19. The number of anilines is 2. The Morgan fingerprint density at radius 1 is 1.06 bits per heavy atom. The molecule has 1 saturated carbocycles. The Morgan fingerprint density at radius 2 is 1.69 bits per heavy atom. The van der Waals surface area contributed by atoms with Crippen LogP contribution < -0.4 is 10.6 Å². The first-order chi connectivity index (χ1) is 15.2. The smallest absolute Gasteiger partial charge is 0.253 e. The molecule has 0 aromatic heterocycles. The lowest BCUT2D eigenvalue weighted by Crippen LogP contribution is -2.27. The maximum Gasteiger partial charge on any atom is 0.253 e. The van der Waals surface area contributed by atoms with E-state index in [1.54, 1.807) is 30.3 Å². The van der Waals surface area contributed by atoms with Gasteiger partial charge in [-0.15, -0.1) is 23.2 Å². The molecule has 2 N–H and O–H groups in total. The Kier molecular flexibility index (Phi) is 6.94. The zero-order chi connectivity index (χ0) is 23.0. The standard InChI is InChI=1S/C23H22Cl4N2O3/c1-2-15-16(28-21(30)18-7-4-8-32-18)5-3-6-17(15)29-22(31)20-19(23(20,26)27)12-9-13(24)11-14(25)10-12/h3,5-6,9-11,18-20H,2,4,7-8H2,1H3,(H,28,30)(H,29,31)/t18?,19-,20+/m0/s1. The van der Waals surface area contributed by atoms with Crippen LogP contribution in [0.4, 0.5) is 11.4 Å². The molecule has 9 heteroatoms. The molecule has 170 valence electrons. The fourth-order valence-electron chi connectivity index (χ4n) is 4.23. The molecule has 1 aliphatic carbocycles. The maximum absolute atomic E-state index is 13.1. The molecule has 2 aliphatic rings. The molecule has 2 aromatic carbocycles. The maximum atomic E-state index is 13.1. The van der Waals surface area contributed by atoms with Crippen molar-refractivity contribution in [3.63, 3.8) is 0 Å². The molecule has 0 radical (unpaired) electrons. The van der Waals surface area contributed by atoms with Gasteiger partial charge in [0.15, 0.2) is 0 Å². The number of benzene rings is 2. The summed E-state index contributed by atoms with van der Waals surface area (Å²) in [6.45, 7) is 2.54. The molecular formula is C23H22Cl4N2O3. The molecular weight excluding hydrogens is 494 g/mol. The molecule has 0 bridgehead atoms. The summed E-state index contributed by atoms with van der Waals surface area (Å²) in [4.78, 5) is 25.6. The number of nitrogens with one attached hydrogen (secondary N) is 2. The number of hydrogen-bond donors (Lipinski definition) is 2. The lowest BCUT2D eigenvalue weighted by molar-refractivity contribution is -0.124. The zero-order valence-corrected chi connectivity index (χ0v) is 20.3. The van der Waals surface area contributed by atoms with E-state index in [9.17, 15) is 9.59 Å². The number of carbonyl (C=O) groups excluding carboxylic acids is 2. The molecule has 1 saturated heterocycles. The van der Waals surface area contributed by atoms with E-state index < -0.39 is 22.3 Å². The number of hydrogen-bond acceptors (Lipinski definition) is 3. The summed E-state index contributed by atoms with van der Waals surface area (Å²) in [5, 5.41) is 6.76. The van der Waals surface area contributed by atoms with Crippen molar-refractivity contribution in [1.29, 1.82) is 0 Å². The highest BCUT2D eigenvalue weighted by atomic mass is 35.5. The van der Waals surface area contributed by atoms with Crippen LogP contribution in [0.25, 0.3) is 0 Å². The molecule has 32 heavy (non-hydrogen) atoms. The first-order valence-corrected chi connectivity index (χ1v) is 11.9. The second kappa shape index (κ2) is 9.40. The van der Waals surface area contributed by atoms with Gasteiger partial charge in [-0.25, -0.2) is 0 Å². The van der Waals surface area contributed by atoms with Crippen molar-refractivity contribution in [2.45, 2.75) is 42.5 Å². The first-order valence-electron chi connectivity index (χ1n) is 10.4. The number of ether oxygens (including phenoxy) is 1. The highest BCUT2D eigenvalue weighted by Gasteiger charge is 2.67. The van der Waals surface area contributed by atoms with Crippen molar-refractivity contribution in [3.8, 4) is 0 Å². The van der Waals surface area contributed by atoms with Gasteiger partial charge in [0.1, 0.15) is 10.4 Å². The van der Waals surface area contributed by atoms with E-state index >= 15 is 0 Å². The minimum absolute atomic E-state index is 0.179. The van der Waals surface area contributed by atoms with E-state index in [0.717, 1.165) is 12.0 Å². The molecule has 2 aromatic rings. The van der Waals surface area contributed by atoms with Gasteiger partial charge in [-0.3, -0.25) is 9.59 Å². The molecule has 3 atom stereocenters. The highest BCUT2D eigenvalue weighted by molar-refractivity contribution is 6.53. The van der Waals surface area contributed by atoms with Crippen LogP contribution in [0.2, 0.25) is 10.0 Å². The van der Waals surface area contributed by atoms with E-state index in [0.29, 0.717) is 46.4 Å². The van der Waals surface area contributed by atoms with Gasteiger partial charge in [0.05, 0.1) is 5.92 Å². The normalized spacial score (nSPS) is 23.6. The molecule has 4 rings (SSSR count). The lowest BCUT2D eigenvalue weighted by atomic mass is 10.1. The van der Waals surface area contributed by atoms with E-state index in [-0.39, 0.29) is 11.8 Å². The topological polar surface area (TPSA) is 67.4 Å². The van der Waals surface area contributed by atoms with E-state index in [4.69, 9.17) is 51.1 Å². The average Bonchev–Trinajstić information content (AvgIpc) is 3.05. The largest absolute Gasteiger partial charge is 0.368 e. The molecule has 1 aliphatic heterocycles. The van der Waals surface area contributed by atoms with Crippen molar-refractivity contribution >= 4 is 69.6 Å². The van der Waals surface area contributed by atoms with Crippen molar-refractivity contribution in [2.24, 2.45) is 5.92 Å². The molecule has 5 nitrogen and oxygen atoms in total. The second-order valence-corrected chi connectivity index (χ2v) is 10.3. The van der Waals surface area contributed by atoms with Gasteiger partial charge >= 0.3 is 0 Å². The molecule has 1 unspecified atom stereocenters. The van der Waals surface area contributed by atoms with Gasteiger partial charge in [-0.1, -0.05) is 36.2 Å². The third kappa shape index (κ3) is 4.73. The van der Waals surface area contributed by atoms with Crippen LogP contribution in [0.5, 0.6) is 0 Å². The third-order valence-corrected chi connectivity index (χ3v) is 7.22.